The van der Waals surface area contributed by atoms with Gasteiger partial charge in [0.05, 0.1) is 5.69 Å². The standard InChI is InChI=1S/C24H24ClN5O4S/c25-14-10-8-13(9-11-14)20(23(33)28-15-4-1-2-5-15)30(16-6-3-7-17(31)12-16)24(34)21-18(26)19(22(27)32)29-35-21/h3,6-12,15,20,31H,1-2,4-5,26H2,(H2,27,32)(H,28,33)/t20-/m0/s1. The van der Waals surface area contributed by atoms with Crippen LogP contribution in [0.3, 0.4) is 0 Å². The number of primary amides is 1. The minimum atomic E-state index is -1.12. The summed E-state index contributed by atoms with van der Waals surface area (Å²) < 4.78 is 3.93. The smallest absolute Gasteiger partial charge is 0.273 e. The van der Waals surface area contributed by atoms with Gasteiger partial charge in [-0.25, -0.2) is 0 Å². The molecule has 0 spiro atoms. The van der Waals surface area contributed by atoms with Gasteiger partial charge in [0.1, 0.15) is 16.7 Å². The molecule has 182 valence electrons. The molecular formula is C24H24ClN5O4S. The normalized spacial score (nSPS) is 14.4. The summed E-state index contributed by atoms with van der Waals surface area (Å²) in [4.78, 5) is 40.5. The minimum absolute atomic E-state index is 0.00614. The molecule has 1 aliphatic rings. The Balaban J connectivity index is 1.85. The second-order valence-corrected chi connectivity index (χ2v) is 9.49. The number of phenolic OH excluding ortho intramolecular Hbond substituents is 1. The number of nitrogens with one attached hydrogen (secondary N) is 1. The molecule has 1 aliphatic carbocycles. The number of halogens is 1. The summed E-state index contributed by atoms with van der Waals surface area (Å²) in [6, 6.07) is 11.4. The van der Waals surface area contributed by atoms with Crippen LogP contribution in [0, 0.1) is 0 Å². The predicted molar refractivity (Wildman–Crippen MR) is 135 cm³/mol. The number of rotatable bonds is 7. The summed E-state index contributed by atoms with van der Waals surface area (Å²) in [5.41, 5.74) is 11.8. The van der Waals surface area contributed by atoms with Gasteiger partial charge in [-0.2, -0.15) is 4.37 Å². The Kier molecular flexibility index (Phi) is 7.23. The quantitative estimate of drug-likeness (QED) is 0.378. The van der Waals surface area contributed by atoms with E-state index in [9.17, 15) is 19.5 Å². The molecule has 1 atom stereocenters. The van der Waals surface area contributed by atoms with Crippen LogP contribution in [0.25, 0.3) is 0 Å². The van der Waals surface area contributed by atoms with E-state index in [0.717, 1.165) is 37.2 Å². The van der Waals surface area contributed by atoms with Gasteiger partial charge in [-0.3, -0.25) is 19.3 Å². The molecule has 6 N–H and O–H groups in total. The lowest BCUT2D eigenvalue weighted by Crippen LogP contribution is -2.46. The summed E-state index contributed by atoms with van der Waals surface area (Å²) in [6.45, 7) is 0. The van der Waals surface area contributed by atoms with Gasteiger partial charge in [0.25, 0.3) is 11.8 Å². The molecule has 4 rings (SSSR count). The van der Waals surface area contributed by atoms with Crippen molar-refractivity contribution >= 4 is 52.2 Å². The number of nitrogens with zero attached hydrogens (tertiary/aromatic N) is 2. The van der Waals surface area contributed by atoms with E-state index in [0.29, 0.717) is 10.6 Å². The molecule has 0 radical (unpaired) electrons. The highest BCUT2D eigenvalue weighted by Crippen LogP contribution is 2.35. The van der Waals surface area contributed by atoms with Crippen molar-refractivity contribution in [2.75, 3.05) is 10.6 Å². The molecule has 1 heterocycles. The highest BCUT2D eigenvalue weighted by Gasteiger charge is 2.37. The number of benzene rings is 2. The van der Waals surface area contributed by atoms with Gasteiger partial charge in [-0.15, -0.1) is 0 Å². The zero-order valence-corrected chi connectivity index (χ0v) is 20.2. The molecule has 0 saturated heterocycles. The van der Waals surface area contributed by atoms with Crippen molar-refractivity contribution in [1.82, 2.24) is 9.69 Å². The van der Waals surface area contributed by atoms with Crippen molar-refractivity contribution in [2.45, 2.75) is 37.8 Å². The Morgan fingerprint density at radius 2 is 1.83 bits per heavy atom. The van der Waals surface area contributed by atoms with Gasteiger partial charge in [0, 0.05) is 22.8 Å². The number of amides is 3. The highest BCUT2D eigenvalue weighted by molar-refractivity contribution is 7.09. The summed E-state index contributed by atoms with van der Waals surface area (Å²) in [6.07, 6.45) is 3.73. The van der Waals surface area contributed by atoms with Crippen LogP contribution in [0.15, 0.2) is 48.5 Å². The maximum absolute atomic E-state index is 13.9. The minimum Gasteiger partial charge on any atom is -0.508 e. The first-order chi connectivity index (χ1) is 16.8. The van der Waals surface area contributed by atoms with Crippen molar-refractivity contribution in [2.24, 2.45) is 5.73 Å². The third-order valence-electron chi connectivity index (χ3n) is 5.88. The molecule has 9 nitrogen and oxygen atoms in total. The van der Waals surface area contributed by atoms with Gasteiger partial charge >= 0.3 is 0 Å². The van der Waals surface area contributed by atoms with Gasteiger partial charge < -0.3 is 21.9 Å². The molecule has 3 aromatic rings. The van der Waals surface area contributed by atoms with Crippen LogP contribution in [0.5, 0.6) is 5.75 Å². The number of aromatic nitrogens is 1. The monoisotopic (exact) mass is 513 g/mol. The fourth-order valence-corrected chi connectivity index (χ4v) is 5.05. The van der Waals surface area contributed by atoms with E-state index in [1.807, 2.05) is 0 Å². The first kappa shape index (κ1) is 24.5. The Morgan fingerprint density at radius 3 is 2.43 bits per heavy atom. The summed E-state index contributed by atoms with van der Waals surface area (Å²) >= 11 is 6.80. The van der Waals surface area contributed by atoms with Crippen molar-refractivity contribution in [1.29, 1.82) is 0 Å². The lowest BCUT2D eigenvalue weighted by Gasteiger charge is -2.32. The molecule has 2 aromatic carbocycles. The average molecular weight is 514 g/mol. The lowest BCUT2D eigenvalue weighted by atomic mass is 10.0. The van der Waals surface area contributed by atoms with Gasteiger partial charge in [-0.1, -0.05) is 42.6 Å². The molecule has 1 fully saturated rings. The Bertz CT molecular complexity index is 1260. The van der Waals surface area contributed by atoms with Gasteiger partial charge in [0.2, 0.25) is 5.91 Å². The highest BCUT2D eigenvalue weighted by atomic mass is 35.5. The van der Waals surface area contributed by atoms with Gasteiger partial charge in [0.15, 0.2) is 5.69 Å². The Morgan fingerprint density at radius 1 is 1.14 bits per heavy atom. The fraction of sp³-hybridized carbons (Fsp3) is 0.250. The number of hydrogen-bond acceptors (Lipinski definition) is 7. The number of nitrogen functional groups attached to an aromatic ring is 1. The van der Waals surface area contributed by atoms with E-state index < -0.39 is 23.8 Å². The van der Waals surface area contributed by atoms with Crippen LogP contribution in [0.4, 0.5) is 11.4 Å². The van der Waals surface area contributed by atoms with E-state index in [1.165, 1.54) is 17.0 Å². The van der Waals surface area contributed by atoms with Crippen molar-refractivity contribution in [3.63, 3.8) is 0 Å². The SMILES string of the molecule is NC(=O)c1nsc(C(=O)N(c2cccc(O)c2)[C@H](C(=O)NC2CCCC2)c2ccc(Cl)cc2)c1N. The van der Waals surface area contributed by atoms with Crippen LogP contribution in [-0.2, 0) is 4.79 Å². The topological polar surface area (TPSA) is 152 Å². The molecule has 1 saturated carbocycles. The van der Waals surface area contributed by atoms with E-state index in [4.69, 9.17) is 23.1 Å². The second kappa shape index (κ2) is 10.3. The number of carbonyl (C=O) groups excluding carboxylic acids is 3. The zero-order valence-electron chi connectivity index (χ0n) is 18.6. The summed E-state index contributed by atoms with van der Waals surface area (Å²) in [5.74, 6) is -2.02. The largest absolute Gasteiger partial charge is 0.508 e. The molecule has 0 bridgehead atoms. The van der Waals surface area contributed by atoms with Gasteiger partial charge in [-0.05, 0) is 54.2 Å². The van der Waals surface area contributed by atoms with E-state index in [2.05, 4.69) is 9.69 Å². The molecule has 35 heavy (non-hydrogen) atoms. The van der Waals surface area contributed by atoms with E-state index in [1.54, 1.807) is 36.4 Å². The van der Waals surface area contributed by atoms with Crippen LogP contribution in [-0.4, -0.2) is 33.2 Å². The van der Waals surface area contributed by atoms with Crippen LogP contribution in [0.2, 0.25) is 5.02 Å². The number of hydrogen-bond donors (Lipinski definition) is 4. The molecule has 0 aliphatic heterocycles. The van der Waals surface area contributed by atoms with E-state index >= 15 is 0 Å². The Labute approximate surface area is 210 Å². The molecule has 11 heteroatoms. The van der Waals surface area contributed by atoms with Crippen LogP contribution < -0.4 is 21.7 Å². The lowest BCUT2D eigenvalue weighted by molar-refractivity contribution is -0.123. The third-order valence-corrected chi connectivity index (χ3v) is 6.98. The van der Waals surface area contributed by atoms with Crippen molar-refractivity contribution in [3.8, 4) is 5.75 Å². The van der Waals surface area contributed by atoms with Crippen LogP contribution >= 0.6 is 23.1 Å². The first-order valence-electron chi connectivity index (χ1n) is 11.0. The van der Waals surface area contributed by atoms with E-state index in [-0.39, 0.29) is 33.7 Å². The van der Waals surface area contributed by atoms with Crippen LogP contribution in [0.1, 0.15) is 57.4 Å². The number of phenols is 1. The molecular weight excluding hydrogens is 490 g/mol. The molecule has 1 aromatic heterocycles. The first-order valence-corrected chi connectivity index (χ1v) is 12.1. The zero-order chi connectivity index (χ0) is 25.1. The number of nitrogens with two attached hydrogens (primary N) is 2. The third kappa shape index (κ3) is 5.23. The van der Waals surface area contributed by atoms with Crippen molar-refractivity contribution < 1.29 is 19.5 Å². The molecule has 0 unspecified atom stereocenters. The molecule has 3 amide bonds. The second-order valence-electron chi connectivity index (χ2n) is 8.28. The number of anilines is 2. The Hall–Kier alpha value is -3.63. The van der Waals surface area contributed by atoms with Crippen molar-refractivity contribution in [3.05, 3.63) is 69.7 Å². The summed E-state index contributed by atoms with van der Waals surface area (Å²) in [7, 11) is 0. The maximum atomic E-state index is 13.9. The summed E-state index contributed by atoms with van der Waals surface area (Å²) in [5, 5.41) is 13.7. The fourth-order valence-electron chi connectivity index (χ4n) is 4.18. The maximum Gasteiger partial charge on any atom is 0.273 e. The number of aromatic hydroxyl groups is 1. The average Bonchev–Trinajstić information content (AvgIpc) is 3.47. The number of carbonyl (C=O) groups is 3. The predicted octanol–water partition coefficient (Wildman–Crippen LogP) is 3.63.